The van der Waals surface area contributed by atoms with Gasteiger partial charge < -0.3 is 78.0 Å². The number of aliphatic carboxylic acids is 1. The van der Waals surface area contributed by atoms with Crippen molar-refractivity contribution in [3.63, 3.8) is 0 Å². The van der Waals surface area contributed by atoms with Crippen LogP contribution in [0.5, 0.6) is 0 Å². The topological polar surface area (TPSA) is 506 Å². The minimum absolute atomic E-state index is 0.0117. The number of carbonyl (C=O) groups excluding carboxylic acids is 8. The monoisotopic (exact) mass is 1040 g/mol. The molecule has 0 saturated carbocycles. The van der Waals surface area contributed by atoms with E-state index in [-0.39, 0.29) is 125 Å². The quantitative estimate of drug-likeness (QED) is 0.0122. The van der Waals surface area contributed by atoms with Gasteiger partial charge in [-0.25, -0.2) is 0 Å². The molecule has 23 N–H and O–H groups in total. The van der Waals surface area contributed by atoms with Gasteiger partial charge in [0, 0.05) is 81.6 Å². The second-order valence-electron chi connectivity index (χ2n) is 16.9. The van der Waals surface area contributed by atoms with E-state index in [1.807, 2.05) is 0 Å². The van der Waals surface area contributed by atoms with Crippen LogP contribution < -0.4 is 72.9 Å². The van der Waals surface area contributed by atoms with Crippen LogP contribution in [0.4, 0.5) is 0 Å². The van der Waals surface area contributed by atoms with Crippen molar-refractivity contribution < 1.29 is 48.3 Å². The Labute approximate surface area is 421 Å². The second kappa shape index (κ2) is 35.8. The first-order chi connectivity index (χ1) is 33.2. The molecule has 0 rings (SSSR count). The molecule has 0 spiro atoms. The van der Waals surface area contributed by atoms with Crippen LogP contribution in [-0.2, 0) is 43.2 Å². The maximum Gasteiger partial charge on any atom is 0.321 e. The van der Waals surface area contributed by atoms with Crippen LogP contribution >= 0.6 is 21.6 Å². The third-order valence-electron chi connectivity index (χ3n) is 10.4. The Bertz CT molecular complexity index is 1910. The first-order valence-electron chi connectivity index (χ1n) is 23.0. The molecule has 0 aromatic rings. The zero-order chi connectivity index (χ0) is 54.2. The normalized spacial score (nSPS) is 14.2. The fourth-order valence-corrected chi connectivity index (χ4v) is 8.84. The third-order valence-corrected chi connectivity index (χ3v) is 12.9. The number of carboxylic acids is 1. The molecule has 71 heavy (non-hydrogen) atoms. The van der Waals surface area contributed by atoms with E-state index in [0.29, 0.717) is 6.42 Å². The molecule has 0 heterocycles. The number of hydrogen-bond donors (Lipinski definition) is 14. The SMILES string of the molecule is CC(=O)NC(CSSC[C@H](N)C(=O)O)C(=O)C[C@H](C)C(=O)NC(CCCN=C(N)N)C(=O)CC(CCCN=C(N)N)C(=O)NC(CCCN=C(N)N)C(=O)C[C@H](C)C(=O)NC(CCCN=C(N)N)C(C)=O. The zero-order valence-electron chi connectivity index (χ0n) is 41.1. The lowest BCUT2D eigenvalue weighted by atomic mass is 9.90. The molecule has 0 aromatic heterocycles. The van der Waals surface area contributed by atoms with E-state index in [1.165, 1.54) is 27.7 Å². The lowest BCUT2D eigenvalue weighted by Gasteiger charge is -2.25. The molecule has 0 aliphatic rings. The highest BCUT2D eigenvalue weighted by molar-refractivity contribution is 8.76. The maximum absolute atomic E-state index is 14.2. The van der Waals surface area contributed by atoms with Crippen molar-refractivity contribution in [1.29, 1.82) is 0 Å². The van der Waals surface area contributed by atoms with E-state index in [4.69, 9.17) is 56.7 Å². The van der Waals surface area contributed by atoms with Crippen LogP contribution in [-0.4, -0.2) is 150 Å². The number of nitrogens with zero attached hydrogens (tertiary/aromatic N) is 4. The number of nitrogens with one attached hydrogen (secondary N) is 4. The van der Waals surface area contributed by atoms with Gasteiger partial charge in [-0.1, -0.05) is 35.4 Å². The van der Waals surface area contributed by atoms with Gasteiger partial charge in [-0.2, -0.15) is 0 Å². The molecule has 0 aliphatic carbocycles. The highest BCUT2D eigenvalue weighted by Gasteiger charge is 2.33. The number of hydrogen-bond acceptors (Lipinski definition) is 16. The summed E-state index contributed by atoms with van der Waals surface area (Å²) in [4.78, 5) is 134. The Balaban J connectivity index is 6.54. The van der Waals surface area contributed by atoms with Crippen LogP contribution in [0, 0.1) is 17.8 Å². The van der Waals surface area contributed by atoms with E-state index in [9.17, 15) is 43.2 Å². The molecule has 4 amide bonds. The fourth-order valence-electron chi connectivity index (χ4n) is 6.53. The van der Waals surface area contributed by atoms with E-state index in [2.05, 4.69) is 41.2 Å². The molecule has 0 radical (unpaired) electrons. The summed E-state index contributed by atoms with van der Waals surface area (Å²) in [6.07, 6.45) is 0.216. The van der Waals surface area contributed by atoms with Gasteiger partial charge in [-0.15, -0.1) is 0 Å². The predicted octanol–water partition coefficient (Wildman–Crippen LogP) is -3.69. The van der Waals surface area contributed by atoms with Crippen LogP contribution in [0.15, 0.2) is 20.0 Å². The molecule has 0 fully saturated rings. The van der Waals surface area contributed by atoms with Crippen molar-refractivity contribution in [3.05, 3.63) is 0 Å². The van der Waals surface area contributed by atoms with E-state index >= 15 is 0 Å². The Hall–Kier alpha value is -6.23. The van der Waals surface area contributed by atoms with Crippen molar-refractivity contribution in [2.75, 3.05) is 37.7 Å². The number of amides is 4. The van der Waals surface area contributed by atoms with Crippen molar-refractivity contribution >= 4 is 98.2 Å². The number of aliphatic imine (C=N–C) groups is 4. The smallest absolute Gasteiger partial charge is 0.321 e. The summed E-state index contributed by atoms with van der Waals surface area (Å²) in [5.74, 6) is -9.29. The fraction of sp³-hybridized carbons (Fsp3) is 0.690. The zero-order valence-corrected chi connectivity index (χ0v) is 42.7. The van der Waals surface area contributed by atoms with Gasteiger partial charge in [0.2, 0.25) is 23.6 Å². The molecule has 402 valence electrons. The first kappa shape index (κ1) is 64.8. The van der Waals surface area contributed by atoms with E-state index in [0.717, 1.165) is 21.6 Å². The average Bonchev–Trinajstić information content (AvgIpc) is 3.27. The Kier molecular flexibility index (Phi) is 32.7. The second-order valence-corrected chi connectivity index (χ2v) is 19.4. The highest BCUT2D eigenvalue weighted by atomic mass is 33.1. The molecule has 27 nitrogen and oxygen atoms in total. The van der Waals surface area contributed by atoms with Gasteiger partial charge in [-0.05, 0) is 58.3 Å². The van der Waals surface area contributed by atoms with E-state index in [1.54, 1.807) is 0 Å². The highest BCUT2D eigenvalue weighted by Crippen LogP contribution is 2.24. The molecule has 8 atom stereocenters. The minimum Gasteiger partial charge on any atom is -0.480 e. The summed E-state index contributed by atoms with van der Waals surface area (Å²) in [6.45, 7) is 5.98. The Morgan fingerprint density at radius 3 is 1.23 bits per heavy atom. The Morgan fingerprint density at radius 1 is 0.479 bits per heavy atom. The molecule has 29 heteroatoms. The van der Waals surface area contributed by atoms with E-state index < -0.39 is 101 Å². The number of rotatable bonds is 39. The van der Waals surface area contributed by atoms with Crippen LogP contribution in [0.1, 0.15) is 98.3 Å². The lowest BCUT2D eigenvalue weighted by molar-refractivity contribution is -0.138. The lowest BCUT2D eigenvalue weighted by Crippen LogP contribution is -2.48. The summed E-state index contributed by atoms with van der Waals surface area (Å²) in [7, 11) is 2.22. The number of guanidine groups is 4. The summed E-state index contributed by atoms with van der Waals surface area (Å²) >= 11 is 0. The first-order valence-corrected chi connectivity index (χ1v) is 25.4. The summed E-state index contributed by atoms with van der Waals surface area (Å²) in [5.41, 5.74) is 49.3. The maximum atomic E-state index is 14.2. The number of nitrogens with two attached hydrogens (primary N) is 9. The predicted molar refractivity (Wildman–Crippen MR) is 275 cm³/mol. The van der Waals surface area contributed by atoms with Gasteiger partial charge in [0.25, 0.3) is 0 Å². The van der Waals surface area contributed by atoms with Crippen molar-refractivity contribution in [1.82, 2.24) is 21.3 Å². The summed E-state index contributed by atoms with van der Waals surface area (Å²) in [5, 5.41) is 19.7. The molecular weight excluding hydrogens is 967 g/mol. The van der Waals surface area contributed by atoms with Crippen LogP contribution in [0.3, 0.4) is 0 Å². The van der Waals surface area contributed by atoms with Crippen molar-refractivity contribution in [2.24, 2.45) is 89.3 Å². The number of ketones is 4. The molecule has 0 aliphatic heterocycles. The van der Waals surface area contributed by atoms with Gasteiger partial charge in [0.1, 0.15) is 6.04 Å². The molecule has 5 unspecified atom stereocenters. The van der Waals surface area contributed by atoms with Crippen LogP contribution in [0.2, 0.25) is 0 Å². The molecular formula is C42H77N17O10S2. The Morgan fingerprint density at radius 2 is 0.831 bits per heavy atom. The molecule has 0 saturated heterocycles. The third kappa shape index (κ3) is 30.9. The summed E-state index contributed by atoms with van der Waals surface area (Å²) < 4.78 is 0. The van der Waals surface area contributed by atoms with Gasteiger partial charge >= 0.3 is 5.97 Å². The van der Waals surface area contributed by atoms with Crippen LogP contribution in [0.25, 0.3) is 0 Å². The van der Waals surface area contributed by atoms with Gasteiger partial charge in [0.15, 0.2) is 47.0 Å². The number of carbonyl (C=O) groups is 9. The largest absolute Gasteiger partial charge is 0.480 e. The number of carboxylic acid groups (broad SMARTS) is 1. The van der Waals surface area contributed by atoms with Crippen molar-refractivity contribution in [3.8, 4) is 0 Å². The van der Waals surface area contributed by atoms with Gasteiger partial charge in [0.05, 0.1) is 24.2 Å². The van der Waals surface area contributed by atoms with Crippen molar-refractivity contribution in [2.45, 2.75) is 129 Å². The molecule has 0 aromatic carbocycles. The number of Topliss-reactive ketones (excluding diaryl/α,β-unsaturated/α-hetero) is 4. The summed E-state index contributed by atoms with van der Waals surface area (Å²) in [6, 6.07) is -5.43. The minimum atomic E-state index is -1.21. The molecule has 0 bridgehead atoms. The standard InChI is InChI=1S/C42H77N17O10S2/c1-22(35(65)57-28(24(3)60)10-6-14-53-40(46)47)17-32(62)29(11-7-15-54-41(48)49)59-37(67)26(9-5-13-52-39(44)45)19-34(64)30(12-8-16-55-42(50)51)58-36(66)23(2)18-33(63)31(56-25(4)61)21-71-70-20-27(43)38(68)69/h22-23,26-31H,5-21,43H2,1-4H3,(H,56,61)(H,57,65)(H,58,66)(H,59,67)(H,68,69)(H4,44,45,52)(H4,46,47,53)(H4,48,49,54)(H4,50,51,55)/t22-,23-,26?,27-,28?,29?,30?,31?/m0/s1. The average molecular weight is 1040 g/mol. The van der Waals surface area contributed by atoms with Gasteiger partial charge in [-0.3, -0.25) is 63.1 Å².